The Hall–Kier alpha value is -2.64. The molecule has 3 heterocycles. The molecule has 8 heteroatoms. The molecule has 1 aliphatic heterocycles. The number of carbonyl (C=O) groups is 2. The van der Waals surface area contributed by atoms with E-state index in [2.05, 4.69) is 20.6 Å². The molecular weight excluding hydrogens is 344 g/mol. The van der Waals surface area contributed by atoms with Crippen molar-refractivity contribution in [2.75, 3.05) is 6.54 Å². The number of H-pyrrole nitrogens is 1. The lowest BCUT2D eigenvalue weighted by molar-refractivity contribution is -0.136. The molecule has 2 N–H and O–H groups in total. The number of hydrogen-bond donors (Lipinski definition) is 2. The van der Waals surface area contributed by atoms with Crippen molar-refractivity contribution in [2.24, 2.45) is 5.92 Å². The summed E-state index contributed by atoms with van der Waals surface area (Å²) in [5.41, 5.74) is 4.94. The Labute approximate surface area is 159 Å². The Balaban J connectivity index is 1.50. The number of aromatic amines is 1. The molecule has 0 spiro atoms. The zero-order valence-corrected chi connectivity index (χ0v) is 16.5. The third-order valence-corrected chi connectivity index (χ3v) is 5.06. The maximum Gasteiger partial charge on any atom is 0.225 e. The molecule has 0 bridgehead atoms. The van der Waals surface area contributed by atoms with Crippen molar-refractivity contribution in [3.05, 3.63) is 34.4 Å². The van der Waals surface area contributed by atoms with E-state index in [4.69, 9.17) is 0 Å². The molecule has 0 fully saturated rings. The van der Waals surface area contributed by atoms with Crippen molar-refractivity contribution in [3.63, 3.8) is 0 Å². The van der Waals surface area contributed by atoms with Crippen LogP contribution in [0.2, 0.25) is 0 Å². The van der Waals surface area contributed by atoms with Gasteiger partial charge >= 0.3 is 0 Å². The first-order chi connectivity index (χ1) is 12.8. The highest BCUT2D eigenvalue weighted by Gasteiger charge is 2.23. The zero-order valence-electron chi connectivity index (χ0n) is 16.5. The highest BCUT2D eigenvalue weighted by molar-refractivity contribution is 5.78. The third-order valence-electron chi connectivity index (χ3n) is 5.06. The Bertz CT molecular complexity index is 835. The van der Waals surface area contributed by atoms with Crippen LogP contribution in [0.5, 0.6) is 0 Å². The molecular formula is C19H28N6O2. The number of amides is 2. The Morgan fingerprint density at radius 3 is 2.74 bits per heavy atom. The molecule has 2 aromatic rings. The SMILES string of the molecule is Cc1[nH]nc(CCC(=O)NCc2cc3n(n2)CCN(C(=O)C(C)C)C3)c1C. The molecule has 0 atom stereocenters. The predicted octanol–water partition coefficient (Wildman–Crippen LogP) is 1.47. The first kappa shape index (κ1) is 19.1. The maximum absolute atomic E-state index is 12.2. The van der Waals surface area contributed by atoms with Gasteiger partial charge in [-0.3, -0.25) is 19.4 Å². The van der Waals surface area contributed by atoms with Crippen molar-refractivity contribution < 1.29 is 9.59 Å². The van der Waals surface area contributed by atoms with Crippen LogP contribution in [0.25, 0.3) is 0 Å². The van der Waals surface area contributed by atoms with E-state index in [1.54, 1.807) is 0 Å². The van der Waals surface area contributed by atoms with Gasteiger partial charge in [0.05, 0.1) is 36.7 Å². The topological polar surface area (TPSA) is 95.9 Å². The fourth-order valence-corrected chi connectivity index (χ4v) is 3.25. The van der Waals surface area contributed by atoms with Gasteiger partial charge in [0.25, 0.3) is 0 Å². The summed E-state index contributed by atoms with van der Waals surface area (Å²) in [6.07, 6.45) is 1.02. The molecule has 27 heavy (non-hydrogen) atoms. The van der Waals surface area contributed by atoms with Crippen LogP contribution in [-0.2, 0) is 35.6 Å². The number of fused-ring (bicyclic) bond motifs is 1. The summed E-state index contributed by atoms with van der Waals surface area (Å²) in [4.78, 5) is 26.2. The van der Waals surface area contributed by atoms with Gasteiger partial charge in [-0.25, -0.2) is 0 Å². The first-order valence-electron chi connectivity index (χ1n) is 9.46. The van der Waals surface area contributed by atoms with Crippen LogP contribution in [-0.4, -0.2) is 43.2 Å². The van der Waals surface area contributed by atoms with E-state index in [1.165, 1.54) is 0 Å². The number of hydrogen-bond acceptors (Lipinski definition) is 4. The number of nitrogens with zero attached hydrogens (tertiary/aromatic N) is 4. The quantitative estimate of drug-likeness (QED) is 0.803. The average molecular weight is 372 g/mol. The van der Waals surface area contributed by atoms with Crippen LogP contribution in [0.4, 0.5) is 0 Å². The molecule has 1 aliphatic rings. The second-order valence-corrected chi connectivity index (χ2v) is 7.46. The highest BCUT2D eigenvalue weighted by atomic mass is 16.2. The molecule has 0 saturated heterocycles. The summed E-state index contributed by atoms with van der Waals surface area (Å²) in [5, 5.41) is 14.6. The number of carbonyl (C=O) groups excluding carboxylic acids is 2. The maximum atomic E-state index is 12.2. The number of aryl methyl sites for hydroxylation is 2. The lowest BCUT2D eigenvalue weighted by Gasteiger charge is -2.29. The minimum Gasteiger partial charge on any atom is -0.350 e. The highest BCUT2D eigenvalue weighted by Crippen LogP contribution is 2.16. The molecule has 3 rings (SSSR count). The summed E-state index contributed by atoms with van der Waals surface area (Å²) in [6, 6.07) is 1.97. The lowest BCUT2D eigenvalue weighted by Crippen LogP contribution is -2.40. The molecule has 0 radical (unpaired) electrons. The summed E-state index contributed by atoms with van der Waals surface area (Å²) in [5.74, 6) is 0.152. The van der Waals surface area contributed by atoms with Gasteiger partial charge in [-0.05, 0) is 25.5 Å². The van der Waals surface area contributed by atoms with Gasteiger partial charge in [0.1, 0.15) is 0 Å². The minimum atomic E-state index is -0.0161. The lowest BCUT2D eigenvalue weighted by atomic mass is 10.1. The van der Waals surface area contributed by atoms with Crippen molar-refractivity contribution >= 4 is 11.8 Å². The fourth-order valence-electron chi connectivity index (χ4n) is 3.25. The summed E-state index contributed by atoms with van der Waals surface area (Å²) >= 11 is 0. The molecule has 0 saturated carbocycles. The van der Waals surface area contributed by atoms with Crippen molar-refractivity contribution in [2.45, 2.75) is 60.2 Å². The number of aromatic nitrogens is 4. The Morgan fingerprint density at radius 1 is 1.30 bits per heavy atom. The summed E-state index contributed by atoms with van der Waals surface area (Å²) < 4.78 is 1.93. The van der Waals surface area contributed by atoms with Crippen LogP contribution in [0.15, 0.2) is 6.07 Å². The Kier molecular flexibility index (Phi) is 5.62. The second kappa shape index (κ2) is 7.94. The number of nitrogens with one attached hydrogen (secondary N) is 2. The summed E-state index contributed by atoms with van der Waals surface area (Å²) in [6.45, 7) is 10.2. The smallest absolute Gasteiger partial charge is 0.225 e. The van der Waals surface area contributed by atoms with Gasteiger partial charge < -0.3 is 10.2 Å². The molecule has 0 unspecified atom stereocenters. The molecule has 2 amide bonds. The van der Waals surface area contributed by atoms with E-state index in [9.17, 15) is 9.59 Å². The van der Waals surface area contributed by atoms with Crippen molar-refractivity contribution in [1.29, 1.82) is 0 Å². The van der Waals surface area contributed by atoms with Crippen LogP contribution >= 0.6 is 0 Å². The van der Waals surface area contributed by atoms with Gasteiger partial charge in [-0.15, -0.1) is 0 Å². The van der Waals surface area contributed by atoms with Gasteiger partial charge in [-0.1, -0.05) is 13.8 Å². The molecule has 0 aliphatic carbocycles. The minimum absolute atomic E-state index is 0.000158. The van der Waals surface area contributed by atoms with E-state index in [0.717, 1.165) is 28.3 Å². The standard InChI is InChI=1S/C19H28N6O2/c1-12(2)19(27)24-7-8-25-16(11-24)9-15(23-25)10-20-18(26)6-5-17-13(3)14(4)21-22-17/h9,12H,5-8,10-11H2,1-4H3,(H,20,26)(H,21,22). The third kappa shape index (κ3) is 4.37. The van der Waals surface area contributed by atoms with Crippen LogP contribution in [0, 0.1) is 19.8 Å². The second-order valence-electron chi connectivity index (χ2n) is 7.46. The summed E-state index contributed by atoms with van der Waals surface area (Å²) in [7, 11) is 0. The van der Waals surface area contributed by atoms with Crippen LogP contribution in [0.3, 0.4) is 0 Å². The zero-order chi connectivity index (χ0) is 19.6. The van der Waals surface area contributed by atoms with Gasteiger partial charge in [0, 0.05) is 31.0 Å². The normalized spacial score (nSPS) is 13.7. The monoisotopic (exact) mass is 372 g/mol. The van der Waals surface area contributed by atoms with Crippen LogP contribution < -0.4 is 5.32 Å². The van der Waals surface area contributed by atoms with Gasteiger partial charge in [-0.2, -0.15) is 10.2 Å². The molecule has 2 aromatic heterocycles. The Morgan fingerprint density at radius 2 is 2.07 bits per heavy atom. The van der Waals surface area contributed by atoms with E-state index in [1.807, 2.05) is 43.3 Å². The first-order valence-corrected chi connectivity index (χ1v) is 9.46. The molecule has 8 nitrogen and oxygen atoms in total. The van der Waals surface area contributed by atoms with E-state index >= 15 is 0 Å². The molecule has 0 aromatic carbocycles. The van der Waals surface area contributed by atoms with E-state index in [-0.39, 0.29) is 17.7 Å². The van der Waals surface area contributed by atoms with E-state index in [0.29, 0.717) is 39.0 Å². The van der Waals surface area contributed by atoms with Gasteiger partial charge in [0.2, 0.25) is 11.8 Å². The predicted molar refractivity (Wildman–Crippen MR) is 101 cm³/mol. The van der Waals surface area contributed by atoms with Crippen LogP contribution in [0.1, 0.15) is 48.6 Å². The largest absolute Gasteiger partial charge is 0.350 e. The van der Waals surface area contributed by atoms with Gasteiger partial charge in [0.15, 0.2) is 0 Å². The van der Waals surface area contributed by atoms with E-state index < -0.39 is 0 Å². The molecule has 146 valence electrons. The average Bonchev–Trinajstić information content (AvgIpc) is 3.20. The fraction of sp³-hybridized carbons (Fsp3) is 0.579. The van der Waals surface area contributed by atoms with Crippen molar-refractivity contribution in [3.8, 4) is 0 Å². The van der Waals surface area contributed by atoms with Crippen molar-refractivity contribution in [1.82, 2.24) is 30.2 Å². The number of rotatable bonds is 6.